The number of amides is 2. The van der Waals surface area contributed by atoms with Crippen molar-refractivity contribution in [1.29, 1.82) is 0 Å². The standard InChI is InChI=1S/C14H19N3OS/c1-17(14(18)16-10-6-2-3-7-10)12-9-5-4-8-11(12)13(15)19/h4-5,8-10H,2-3,6-7H2,1H3,(H2,15,19)(H,16,18). The molecule has 0 saturated heterocycles. The summed E-state index contributed by atoms with van der Waals surface area (Å²) >= 11 is 5.02. The van der Waals surface area contributed by atoms with Gasteiger partial charge in [-0.25, -0.2) is 4.79 Å². The number of benzene rings is 1. The number of nitrogens with zero attached hydrogens (tertiary/aromatic N) is 1. The van der Waals surface area contributed by atoms with E-state index in [1.807, 2.05) is 24.3 Å². The molecular formula is C14H19N3OS. The van der Waals surface area contributed by atoms with Gasteiger partial charge in [0, 0.05) is 18.7 Å². The summed E-state index contributed by atoms with van der Waals surface area (Å²) in [7, 11) is 1.74. The molecule has 1 saturated carbocycles. The van der Waals surface area contributed by atoms with E-state index >= 15 is 0 Å². The van der Waals surface area contributed by atoms with Gasteiger partial charge in [-0.15, -0.1) is 0 Å². The van der Waals surface area contributed by atoms with Crippen LogP contribution < -0.4 is 16.0 Å². The number of hydrogen-bond donors (Lipinski definition) is 2. The second kappa shape index (κ2) is 6.02. The summed E-state index contributed by atoms with van der Waals surface area (Å²) in [6.07, 6.45) is 4.52. The highest BCUT2D eigenvalue weighted by Gasteiger charge is 2.21. The molecule has 4 nitrogen and oxygen atoms in total. The molecule has 0 heterocycles. The maximum Gasteiger partial charge on any atom is 0.321 e. The lowest BCUT2D eigenvalue weighted by atomic mass is 10.1. The lowest BCUT2D eigenvalue weighted by Crippen LogP contribution is -2.42. The molecule has 0 bridgehead atoms. The van der Waals surface area contributed by atoms with E-state index in [1.165, 1.54) is 12.8 Å². The van der Waals surface area contributed by atoms with Crippen molar-refractivity contribution in [1.82, 2.24) is 5.32 Å². The van der Waals surface area contributed by atoms with Gasteiger partial charge in [-0.2, -0.15) is 0 Å². The summed E-state index contributed by atoms with van der Waals surface area (Å²) in [5.41, 5.74) is 7.15. The van der Waals surface area contributed by atoms with E-state index < -0.39 is 0 Å². The van der Waals surface area contributed by atoms with Crippen molar-refractivity contribution >= 4 is 28.9 Å². The molecule has 2 rings (SSSR count). The number of nitrogens with two attached hydrogens (primary N) is 1. The Balaban J connectivity index is 2.12. The molecule has 0 unspecified atom stereocenters. The van der Waals surface area contributed by atoms with Gasteiger partial charge in [-0.05, 0) is 25.0 Å². The van der Waals surface area contributed by atoms with Crippen LogP contribution in [-0.2, 0) is 0 Å². The van der Waals surface area contributed by atoms with Crippen molar-refractivity contribution in [2.45, 2.75) is 31.7 Å². The average Bonchev–Trinajstić information content (AvgIpc) is 2.90. The molecule has 102 valence electrons. The molecule has 2 amide bonds. The van der Waals surface area contributed by atoms with Crippen molar-refractivity contribution < 1.29 is 4.79 Å². The zero-order valence-corrected chi connectivity index (χ0v) is 11.9. The predicted octanol–water partition coefficient (Wildman–Crippen LogP) is 2.41. The SMILES string of the molecule is CN(C(=O)NC1CCCC1)c1ccccc1C(N)=S. The van der Waals surface area contributed by atoms with E-state index in [4.69, 9.17) is 18.0 Å². The third-order valence-corrected chi connectivity index (χ3v) is 3.74. The van der Waals surface area contributed by atoms with Crippen molar-refractivity contribution in [3.05, 3.63) is 29.8 Å². The third kappa shape index (κ3) is 3.23. The van der Waals surface area contributed by atoms with E-state index in [-0.39, 0.29) is 6.03 Å². The van der Waals surface area contributed by atoms with Gasteiger partial charge in [-0.1, -0.05) is 37.2 Å². The minimum absolute atomic E-state index is 0.101. The lowest BCUT2D eigenvalue weighted by molar-refractivity contribution is 0.244. The number of carbonyl (C=O) groups excluding carboxylic acids is 1. The molecule has 1 aromatic rings. The van der Waals surface area contributed by atoms with Crippen LogP contribution >= 0.6 is 12.2 Å². The van der Waals surface area contributed by atoms with Gasteiger partial charge in [0.25, 0.3) is 0 Å². The van der Waals surface area contributed by atoms with Crippen LogP contribution in [0, 0.1) is 0 Å². The molecule has 1 fully saturated rings. The van der Waals surface area contributed by atoms with Crippen LogP contribution in [0.5, 0.6) is 0 Å². The molecule has 0 aromatic heterocycles. The molecular weight excluding hydrogens is 258 g/mol. The molecule has 5 heteroatoms. The first-order chi connectivity index (χ1) is 9.09. The number of thiocarbonyl (C=S) groups is 1. The first-order valence-corrected chi connectivity index (χ1v) is 6.93. The number of para-hydroxylation sites is 1. The van der Waals surface area contributed by atoms with Gasteiger partial charge >= 0.3 is 6.03 Å². The number of carbonyl (C=O) groups is 1. The van der Waals surface area contributed by atoms with Crippen molar-refractivity contribution in [3.8, 4) is 0 Å². The Hall–Kier alpha value is -1.62. The number of anilines is 1. The van der Waals surface area contributed by atoms with Crippen molar-refractivity contribution in [3.63, 3.8) is 0 Å². The normalized spacial score (nSPS) is 15.2. The molecule has 3 N–H and O–H groups in total. The highest BCUT2D eigenvalue weighted by atomic mass is 32.1. The van der Waals surface area contributed by atoms with Gasteiger partial charge in [0.1, 0.15) is 4.99 Å². The Morgan fingerprint density at radius 2 is 2.00 bits per heavy atom. The van der Waals surface area contributed by atoms with Crippen LogP contribution in [0.25, 0.3) is 0 Å². The van der Waals surface area contributed by atoms with Crippen LogP contribution in [0.15, 0.2) is 24.3 Å². The Morgan fingerprint density at radius 1 is 1.37 bits per heavy atom. The van der Waals surface area contributed by atoms with Crippen LogP contribution in [0.4, 0.5) is 10.5 Å². The number of urea groups is 1. The fourth-order valence-electron chi connectivity index (χ4n) is 2.43. The second-order valence-electron chi connectivity index (χ2n) is 4.87. The van der Waals surface area contributed by atoms with Crippen LogP contribution in [0.1, 0.15) is 31.2 Å². The van der Waals surface area contributed by atoms with Gasteiger partial charge in [0.15, 0.2) is 0 Å². The fraction of sp³-hybridized carbons (Fsp3) is 0.429. The molecule has 1 aliphatic rings. The zero-order valence-electron chi connectivity index (χ0n) is 11.1. The summed E-state index contributed by atoms with van der Waals surface area (Å²) in [4.78, 5) is 14.1. The second-order valence-corrected chi connectivity index (χ2v) is 5.31. The van der Waals surface area contributed by atoms with Crippen LogP contribution in [-0.4, -0.2) is 24.1 Å². The van der Waals surface area contributed by atoms with Crippen LogP contribution in [0.2, 0.25) is 0 Å². The minimum atomic E-state index is -0.101. The van der Waals surface area contributed by atoms with E-state index in [1.54, 1.807) is 11.9 Å². The monoisotopic (exact) mass is 277 g/mol. The van der Waals surface area contributed by atoms with E-state index in [2.05, 4.69) is 5.32 Å². The van der Waals surface area contributed by atoms with E-state index in [0.717, 1.165) is 24.1 Å². The molecule has 0 atom stereocenters. The van der Waals surface area contributed by atoms with Gasteiger partial charge < -0.3 is 11.1 Å². The smallest absolute Gasteiger partial charge is 0.321 e. The van der Waals surface area contributed by atoms with Crippen LogP contribution in [0.3, 0.4) is 0 Å². The average molecular weight is 277 g/mol. The maximum atomic E-state index is 12.2. The zero-order chi connectivity index (χ0) is 13.8. The summed E-state index contributed by atoms with van der Waals surface area (Å²) in [6, 6.07) is 7.61. The topological polar surface area (TPSA) is 58.4 Å². The molecule has 0 radical (unpaired) electrons. The first kappa shape index (κ1) is 13.8. The maximum absolute atomic E-state index is 12.2. The Kier molecular flexibility index (Phi) is 4.37. The minimum Gasteiger partial charge on any atom is -0.389 e. The lowest BCUT2D eigenvalue weighted by Gasteiger charge is -2.23. The van der Waals surface area contributed by atoms with Gasteiger partial charge in [0.05, 0.1) is 5.69 Å². The largest absolute Gasteiger partial charge is 0.389 e. The number of hydrogen-bond acceptors (Lipinski definition) is 2. The van der Waals surface area contributed by atoms with Gasteiger partial charge in [0.2, 0.25) is 0 Å². The molecule has 1 aliphatic carbocycles. The third-order valence-electron chi connectivity index (χ3n) is 3.52. The summed E-state index contributed by atoms with van der Waals surface area (Å²) in [5.74, 6) is 0. The van der Waals surface area contributed by atoms with Crippen molar-refractivity contribution in [2.24, 2.45) is 5.73 Å². The van der Waals surface area contributed by atoms with Crippen molar-refractivity contribution in [2.75, 3.05) is 11.9 Å². The highest BCUT2D eigenvalue weighted by Crippen LogP contribution is 2.21. The molecule has 1 aromatic carbocycles. The quantitative estimate of drug-likeness (QED) is 0.834. The van der Waals surface area contributed by atoms with E-state index in [9.17, 15) is 4.79 Å². The van der Waals surface area contributed by atoms with E-state index in [0.29, 0.717) is 11.0 Å². The summed E-state index contributed by atoms with van der Waals surface area (Å²) in [6.45, 7) is 0. The molecule has 19 heavy (non-hydrogen) atoms. The highest BCUT2D eigenvalue weighted by molar-refractivity contribution is 7.80. The fourth-order valence-corrected chi connectivity index (χ4v) is 2.60. The Morgan fingerprint density at radius 3 is 2.63 bits per heavy atom. The molecule has 0 spiro atoms. The first-order valence-electron chi connectivity index (χ1n) is 6.52. The summed E-state index contributed by atoms with van der Waals surface area (Å²) < 4.78 is 0. The summed E-state index contributed by atoms with van der Waals surface area (Å²) in [5, 5.41) is 3.05. The Labute approximate surface area is 119 Å². The Bertz CT molecular complexity index is 483. The molecule has 0 aliphatic heterocycles. The number of rotatable bonds is 3. The predicted molar refractivity (Wildman–Crippen MR) is 81.5 cm³/mol. The number of nitrogens with one attached hydrogen (secondary N) is 1. The van der Waals surface area contributed by atoms with Gasteiger partial charge in [-0.3, -0.25) is 4.90 Å².